The third-order valence-electron chi connectivity index (χ3n) is 3.59. The van der Waals surface area contributed by atoms with Gasteiger partial charge >= 0.3 is 0 Å². The molecule has 0 spiro atoms. The highest BCUT2D eigenvalue weighted by Crippen LogP contribution is 2.39. The Labute approximate surface area is 91.8 Å². The minimum absolute atomic E-state index is 0.0812. The number of halogens is 1. The van der Waals surface area contributed by atoms with E-state index >= 15 is 0 Å². The van der Waals surface area contributed by atoms with Gasteiger partial charge in [-0.3, -0.25) is 0 Å². The van der Waals surface area contributed by atoms with Gasteiger partial charge < -0.3 is 0 Å². The fourth-order valence-electron chi connectivity index (χ4n) is 1.76. The van der Waals surface area contributed by atoms with Gasteiger partial charge in [0.05, 0.1) is 0 Å². The van der Waals surface area contributed by atoms with Gasteiger partial charge in [0.2, 0.25) is 0 Å². The molecule has 0 aromatic heterocycles. The first-order valence-corrected chi connectivity index (χ1v) is 5.42. The van der Waals surface area contributed by atoms with Gasteiger partial charge in [-0.2, -0.15) is 0 Å². The minimum atomic E-state index is -0.178. The van der Waals surface area contributed by atoms with E-state index in [4.69, 9.17) is 0 Å². The molecule has 0 heterocycles. The summed E-state index contributed by atoms with van der Waals surface area (Å²) in [5.74, 6) is 0.184. The average molecular weight is 206 g/mol. The molecule has 1 aromatic carbocycles. The van der Waals surface area contributed by atoms with Crippen LogP contribution in [-0.2, 0) is 0 Å². The van der Waals surface area contributed by atoms with Crippen LogP contribution in [0.1, 0.15) is 38.7 Å². The lowest BCUT2D eigenvalue weighted by molar-refractivity contribution is 0.341. The van der Waals surface area contributed by atoms with Crippen molar-refractivity contribution in [2.24, 2.45) is 5.41 Å². The third-order valence-corrected chi connectivity index (χ3v) is 3.59. The number of hydrogen-bond donors (Lipinski definition) is 0. The highest BCUT2D eigenvalue weighted by Gasteiger charge is 2.26. The second-order valence-corrected chi connectivity index (χ2v) is 4.34. The topological polar surface area (TPSA) is 0 Å². The van der Waals surface area contributed by atoms with E-state index in [1.54, 1.807) is 0 Å². The zero-order chi connectivity index (χ0) is 11.5. The van der Waals surface area contributed by atoms with Crippen molar-refractivity contribution in [3.05, 3.63) is 48.3 Å². The van der Waals surface area contributed by atoms with Crippen LogP contribution in [0.4, 0.5) is 4.39 Å². The lowest BCUT2D eigenvalue weighted by Crippen LogP contribution is -2.20. The minimum Gasteiger partial charge on any atom is -0.207 e. The molecule has 0 nitrogen and oxygen atoms in total. The number of rotatable bonds is 4. The molecular formula is C14H19F. The van der Waals surface area contributed by atoms with E-state index in [0.717, 1.165) is 6.42 Å². The second kappa shape index (κ2) is 4.61. The summed E-state index contributed by atoms with van der Waals surface area (Å²) in [4.78, 5) is 0. The summed E-state index contributed by atoms with van der Waals surface area (Å²) in [5.41, 5.74) is 1.25. The number of allylic oxidation sites excluding steroid dienone is 1. The van der Waals surface area contributed by atoms with E-state index in [-0.39, 0.29) is 11.2 Å². The molecule has 82 valence electrons. The van der Waals surface area contributed by atoms with Crippen LogP contribution >= 0.6 is 0 Å². The third kappa shape index (κ3) is 2.47. The van der Waals surface area contributed by atoms with Crippen molar-refractivity contribution in [1.82, 2.24) is 0 Å². The monoisotopic (exact) mass is 206 g/mol. The largest absolute Gasteiger partial charge is 0.207 e. The van der Waals surface area contributed by atoms with Crippen LogP contribution in [0.3, 0.4) is 0 Å². The Morgan fingerprint density at radius 3 is 2.33 bits per heavy atom. The summed E-state index contributed by atoms with van der Waals surface area (Å²) in [6, 6.07) is 6.75. The van der Waals surface area contributed by atoms with Gasteiger partial charge in [-0.15, -0.1) is 6.58 Å². The summed E-state index contributed by atoms with van der Waals surface area (Å²) >= 11 is 0. The molecule has 0 radical (unpaired) electrons. The molecule has 2 atom stereocenters. The molecule has 0 aliphatic rings. The molecule has 1 rings (SSSR count). The summed E-state index contributed by atoms with van der Waals surface area (Å²) in [6.07, 6.45) is 3.04. The van der Waals surface area contributed by atoms with E-state index in [0.29, 0.717) is 5.92 Å². The highest BCUT2D eigenvalue weighted by molar-refractivity contribution is 5.23. The fourth-order valence-corrected chi connectivity index (χ4v) is 1.76. The molecular weight excluding hydrogens is 187 g/mol. The second-order valence-electron chi connectivity index (χ2n) is 4.34. The van der Waals surface area contributed by atoms with Crippen LogP contribution in [0.2, 0.25) is 0 Å². The van der Waals surface area contributed by atoms with E-state index in [1.165, 1.54) is 17.7 Å². The summed E-state index contributed by atoms with van der Waals surface area (Å²) in [6.45, 7) is 10.4. The molecule has 0 unspecified atom stereocenters. The smallest absolute Gasteiger partial charge is 0.123 e. The van der Waals surface area contributed by atoms with E-state index in [2.05, 4.69) is 27.4 Å². The van der Waals surface area contributed by atoms with Gasteiger partial charge in [-0.1, -0.05) is 39.0 Å². The SMILES string of the molecule is C=C[C@](C)(CC)[C@H](C)c1ccc(F)cc1. The van der Waals surface area contributed by atoms with Gasteiger partial charge in [0, 0.05) is 0 Å². The van der Waals surface area contributed by atoms with Gasteiger partial charge in [-0.05, 0) is 35.4 Å². The quantitative estimate of drug-likeness (QED) is 0.635. The zero-order valence-electron chi connectivity index (χ0n) is 9.76. The Morgan fingerprint density at radius 2 is 1.93 bits per heavy atom. The highest BCUT2D eigenvalue weighted by atomic mass is 19.1. The Morgan fingerprint density at radius 1 is 1.40 bits per heavy atom. The molecule has 1 heteroatoms. The van der Waals surface area contributed by atoms with E-state index in [9.17, 15) is 4.39 Å². The van der Waals surface area contributed by atoms with Crippen LogP contribution in [0.5, 0.6) is 0 Å². The maximum atomic E-state index is 12.8. The Bertz CT molecular complexity index is 326. The van der Waals surface area contributed by atoms with Gasteiger partial charge in [0.25, 0.3) is 0 Å². The first kappa shape index (κ1) is 12.0. The van der Waals surface area contributed by atoms with Crippen molar-refractivity contribution in [3.63, 3.8) is 0 Å². The zero-order valence-corrected chi connectivity index (χ0v) is 9.76. The lowest BCUT2D eigenvalue weighted by atomic mass is 9.73. The summed E-state index contributed by atoms with van der Waals surface area (Å²) in [7, 11) is 0. The molecule has 0 aliphatic heterocycles. The Kier molecular flexibility index (Phi) is 3.67. The predicted octanol–water partition coefficient (Wildman–Crippen LogP) is 4.53. The van der Waals surface area contributed by atoms with Crippen molar-refractivity contribution in [2.75, 3.05) is 0 Å². The predicted molar refractivity (Wildman–Crippen MR) is 63.4 cm³/mol. The lowest BCUT2D eigenvalue weighted by Gasteiger charge is -2.32. The number of benzene rings is 1. The molecule has 15 heavy (non-hydrogen) atoms. The maximum Gasteiger partial charge on any atom is 0.123 e. The number of hydrogen-bond acceptors (Lipinski definition) is 0. The van der Waals surface area contributed by atoms with Crippen LogP contribution in [0.15, 0.2) is 36.9 Å². The Hall–Kier alpha value is -1.11. The fraction of sp³-hybridized carbons (Fsp3) is 0.429. The average Bonchev–Trinajstić information content (AvgIpc) is 2.28. The van der Waals surface area contributed by atoms with Crippen molar-refractivity contribution in [2.45, 2.75) is 33.1 Å². The van der Waals surface area contributed by atoms with Crippen LogP contribution in [0, 0.1) is 11.2 Å². The molecule has 0 N–H and O–H groups in total. The molecule has 1 aromatic rings. The standard InChI is InChI=1S/C14H19F/c1-5-14(4,6-2)11(3)12-7-9-13(15)10-8-12/h5,7-11H,1,6H2,2-4H3/t11-,14-/m1/s1. The van der Waals surface area contributed by atoms with E-state index < -0.39 is 0 Å². The van der Waals surface area contributed by atoms with Gasteiger partial charge in [-0.25, -0.2) is 4.39 Å². The summed E-state index contributed by atoms with van der Waals surface area (Å²) in [5, 5.41) is 0. The van der Waals surface area contributed by atoms with Gasteiger partial charge in [0.15, 0.2) is 0 Å². The molecule has 0 aliphatic carbocycles. The normalized spacial score (nSPS) is 16.8. The first-order chi connectivity index (χ1) is 7.03. The molecule has 0 saturated heterocycles. The summed E-state index contributed by atoms with van der Waals surface area (Å²) < 4.78 is 12.8. The molecule has 0 saturated carbocycles. The van der Waals surface area contributed by atoms with Crippen molar-refractivity contribution in [3.8, 4) is 0 Å². The van der Waals surface area contributed by atoms with Crippen molar-refractivity contribution < 1.29 is 4.39 Å². The van der Waals surface area contributed by atoms with Crippen molar-refractivity contribution in [1.29, 1.82) is 0 Å². The van der Waals surface area contributed by atoms with Crippen LogP contribution in [-0.4, -0.2) is 0 Å². The molecule has 0 amide bonds. The molecule has 0 fully saturated rings. The van der Waals surface area contributed by atoms with Crippen LogP contribution < -0.4 is 0 Å². The van der Waals surface area contributed by atoms with Crippen LogP contribution in [0.25, 0.3) is 0 Å². The Balaban J connectivity index is 2.97. The first-order valence-electron chi connectivity index (χ1n) is 5.42. The van der Waals surface area contributed by atoms with E-state index in [1.807, 2.05) is 18.2 Å². The molecule has 0 bridgehead atoms. The van der Waals surface area contributed by atoms with Gasteiger partial charge in [0.1, 0.15) is 5.82 Å². The maximum absolute atomic E-state index is 12.8. The van der Waals surface area contributed by atoms with Crippen molar-refractivity contribution >= 4 is 0 Å².